The lowest BCUT2D eigenvalue weighted by atomic mass is 10.4. The molecule has 116 valence electrons. The van der Waals surface area contributed by atoms with E-state index in [1.54, 1.807) is 17.5 Å². The largest absolute Gasteiger partial charge is 0.356 e. The summed E-state index contributed by atoms with van der Waals surface area (Å²) in [5.74, 6) is 0.778. The molecule has 3 aromatic rings. The van der Waals surface area contributed by atoms with Crippen LogP contribution in [0.4, 0.5) is 5.95 Å². The maximum atomic E-state index is 4.38. The molecule has 0 amide bonds. The van der Waals surface area contributed by atoms with Gasteiger partial charge in [-0.2, -0.15) is 4.98 Å². The van der Waals surface area contributed by atoms with Gasteiger partial charge in [-0.3, -0.25) is 0 Å². The van der Waals surface area contributed by atoms with Gasteiger partial charge < -0.3 is 15.6 Å². The number of aromatic amines is 1. The Morgan fingerprint density at radius 2 is 2.18 bits per heavy atom. The van der Waals surface area contributed by atoms with Gasteiger partial charge in [0.15, 0.2) is 5.65 Å². The molecule has 0 atom stereocenters. The van der Waals surface area contributed by atoms with Gasteiger partial charge >= 0.3 is 0 Å². The van der Waals surface area contributed by atoms with Gasteiger partial charge in [0.2, 0.25) is 5.95 Å². The van der Waals surface area contributed by atoms with Gasteiger partial charge in [0.05, 0.1) is 9.30 Å². The molecule has 0 saturated heterocycles. The molecule has 8 heteroatoms. The van der Waals surface area contributed by atoms with E-state index < -0.39 is 0 Å². The van der Waals surface area contributed by atoms with Gasteiger partial charge in [-0.15, -0.1) is 11.3 Å². The van der Waals surface area contributed by atoms with E-state index in [2.05, 4.69) is 63.5 Å². The minimum atomic E-state index is 0.747. The molecular formula is C14H15Br2N5S. The number of thiophene rings is 1. The zero-order valence-corrected chi connectivity index (χ0v) is 15.7. The van der Waals surface area contributed by atoms with Gasteiger partial charge in [-0.25, -0.2) is 4.98 Å². The summed E-state index contributed by atoms with van der Waals surface area (Å²) >= 11 is 8.76. The minimum Gasteiger partial charge on any atom is -0.356 e. The Kier molecular flexibility index (Phi) is 5.46. The fourth-order valence-electron chi connectivity index (χ4n) is 2.04. The number of rotatable bonds is 7. The third-order valence-electron chi connectivity index (χ3n) is 3.08. The van der Waals surface area contributed by atoms with Crippen LogP contribution in [0.3, 0.4) is 0 Å². The highest BCUT2D eigenvalue weighted by atomic mass is 79.9. The van der Waals surface area contributed by atoms with Crippen molar-refractivity contribution in [1.82, 2.24) is 20.3 Å². The van der Waals surface area contributed by atoms with Crippen LogP contribution in [0.5, 0.6) is 0 Å². The van der Waals surface area contributed by atoms with Gasteiger partial charge in [-0.05, 0) is 63.0 Å². The van der Waals surface area contributed by atoms with E-state index in [1.165, 1.54) is 4.88 Å². The summed E-state index contributed by atoms with van der Waals surface area (Å²) in [5.41, 5.74) is 1.70. The second-order valence-corrected chi connectivity index (χ2v) is 8.06. The Hall–Kier alpha value is -0.960. The second-order valence-electron chi connectivity index (χ2n) is 4.75. The average molecular weight is 445 g/mol. The number of hydrogen-bond donors (Lipinski definition) is 3. The SMILES string of the molecule is Brc1cc(CNCCCNc2nc3ncccc3[nH]2)sc1Br. The lowest BCUT2D eigenvalue weighted by molar-refractivity contribution is 0.668. The van der Waals surface area contributed by atoms with Crippen molar-refractivity contribution in [2.45, 2.75) is 13.0 Å². The van der Waals surface area contributed by atoms with Gasteiger partial charge in [0.25, 0.3) is 0 Å². The zero-order chi connectivity index (χ0) is 15.4. The van der Waals surface area contributed by atoms with Gasteiger partial charge in [-0.1, -0.05) is 0 Å². The molecule has 0 spiro atoms. The predicted molar refractivity (Wildman–Crippen MR) is 98.4 cm³/mol. The van der Waals surface area contributed by atoms with Crippen LogP contribution < -0.4 is 10.6 Å². The van der Waals surface area contributed by atoms with E-state index in [4.69, 9.17) is 0 Å². The molecule has 3 aromatic heterocycles. The molecule has 0 aliphatic heterocycles. The van der Waals surface area contributed by atoms with Gasteiger partial charge in [0, 0.05) is 28.6 Å². The van der Waals surface area contributed by atoms with Gasteiger partial charge in [0.1, 0.15) is 0 Å². The van der Waals surface area contributed by atoms with Crippen molar-refractivity contribution < 1.29 is 0 Å². The highest BCUT2D eigenvalue weighted by molar-refractivity contribution is 9.13. The molecule has 5 nitrogen and oxygen atoms in total. The first-order valence-corrected chi connectivity index (χ1v) is 9.31. The van der Waals surface area contributed by atoms with Crippen molar-refractivity contribution in [3.05, 3.63) is 37.5 Å². The van der Waals surface area contributed by atoms with E-state index in [0.29, 0.717) is 0 Å². The highest BCUT2D eigenvalue weighted by Crippen LogP contribution is 2.32. The molecule has 0 aliphatic rings. The van der Waals surface area contributed by atoms with Crippen molar-refractivity contribution in [1.29, 1.82) is 0 Å². The lowest BCUT2D eigenvalue weighted by Gasteiger charge is -2.04. The molecule has 3 heterocycles. The van der Waals surface area contributed by atoms with Crippen molar-refractivity contribution in [2.75, 3.05) is 18.4 Å². The van der Waals surface area contributed by atoms with Crippen molar-refractivity contribution in [3.63, 3.8) is 0 Å². The maximum Gasteiger partial charge on any atom is 0.202 e. The monoisotopic (exact) mass is 443 g/mol. The molecular weight excluding hydrogens is 430 g/mol. The van der Waals surface area contributed by atoms with Crippen LogP contribution in [-0.2, 0) is 6.54 Å². The number of pyridine rings is 1. The summed E-state index contributed by atoms with van der Waals surface area (Å²) in [6.07, 6.45) is 2.77. The van der Waals surface area contributed by atoms with Crippen LogP contribution in [0.25, 0.3) is 11.2 Å². The van der Waals surface area contributed by atoms with Crippen molar-refractivity contribution >= 4 is 60.3 Å². The Morgan fingerprint density at radius 1 is 1.27 bits per heavy atom. The van der Waals surface area contributed by atoms with Crippen LogP contribution >= 0.6 is 43.2 Å². The molecule has 0 fully saturated rings. The topological polar surface area (TPSA) is 65.6 Å². The predicted octanol–water partition coefficient (Wildman–Crippen LogP) is 4.14. The summed E-state index contributed by atoms with van der Waals surface area (Å²) in [7, 11) is 0. The van der Waals surface area contributed by atoms with Crippen LogP contribution in [0.15, 0.2) is 32.7 Å². The molecule has 0 radical (unpaired) electrons. The van der Waals surface area contributed by atoms with E-state index in [1.807, 2.05) is 12.1 Å². The van der Waals surface area contributed by atoms with Crippen LogP contribution in [-0.4, -0.2) is 28.0 Å². The summed E-state index contributed by atoms with van der Waals surface area (Å²) in [6.45, 7) is 2.71. The summed E-state index contributed by atoms with van der Waals surface area (Å²) in [4.78, 5) is 13.1. The standard InChI is InChI=1S/C14H15Br2N5S/c15-10-7-9(22-12(10)16)8-17-4-2-6-19-14-20-11-3-1-5-18-13(11)21-14/h1,3,5,7,17H,2,4,6,8H2,(H2,18,19,20,21). The first-order chi connectivity index (χ1) is 10.7. The van der Waals surface area contributed by atoms with Crippen LogP contribution in [0.2, 0.25) is 0 Å². The van der Waals surface area contributed by atoms with Crippen LogP contribution in [0.1, 0.15) is 11.3 Å². The number of halogens is 2. The molecule has 3 N–H and O–H groups in total. The number of hydrogen-bond acceptors (Lipinski definition) is 5. The average Bonchev–Trinajstić information content (AvgIpc) is 3.06. The molecule has 3 rings (SSSR count). The van der Waals surface area contributed by atoms with E-state index in [-0.39, 0.29) is 0 Å². The van der Waals surface area contributed by atoms with Crippen LogP contribution in [0, 0.1) is 0 Å². The normalized spacial score (nSPS) is 11.2. The van der Waals surface area contributed by atoms with E-state index >= 15 is 0 Å². The number of imidazole rings is 1. The fraction of sp³-hybridized carbons (Fsp3) is 0.286. The van der Waals surface area contributed by atoms with E-state index in [0.717, 1.165) is 51.4 Å². The Labute approximate surface area is 149 Å². The Bertz CT molecular complexity index is 702. The lowest BCUT2D eigenvalue weighted by Crippen LogP contribution is -2.17. The molecule has 0 aromatic carbocycles. The number of anilines is 1. The third kappa shape index (κ3) is 4.07. The number of nitrogens with zero attached hydrogens (tertiary/aromatic N) is 2. The Balaban J connectivity index is 1.36. The Morgan fingerprint density at radius 3 is 2.95 bits per heavy atom. The first kappa shape index (κ1) is 15.9. The summed E-state index contributed by atoms with van der Waals surface area (Å²) in [6, 6.07) is 6.01. The molecule has 0 saturated carbocycles. The van der Waals surface area contributed by atoms with Crippen molar-refractivity contribution in [2.24, 2.45) is 0 Å². The molecule has 22 heavy (non-hydrogen) atoms. The number of H-pyrrole nitrogens is 1. The summed E-state index contributed by atoms with van der Waals surface area (Å²) < 4.78 is 2.26. The quantitative estimate of drug-likeness (QED) is 0.479. The number of fused-ring (bicyclic) bond motifs is 1. The summed E-state index contributed by atoms with van der Waals surface area (Å²) in [5, 5.41) is 6.73. The molecule has 0 bridgehead atoms. The first-order valence-electron chi connectivity index (χ1n) is 6.91. The molecule has 0 unspecified atom stereocenters. The maximum absolute atomic E-state index is 4.38. The fourth-order valence-corrected chi connectivity index (χ4v) is 4.19. The molecule has 0 aliphatic carbocycles. The van der Waals surface area contributed by atoms with E-state index in [9.17, 15) is 0 Å². The number of aromatic nitrogens is 3. The highest BCUT2D eigenvalue weighted by Gasteiger charge is 2.04. The third-order valence-corrected chi connectivity index (χ3v) is 6.33. The zero-order valence-electron chi connectivity index (χ0n) is 11.7. The smallest absolute Gasteiger partial charge is 0.202 e. The minimum absolute atomic E-state index is 0.747. The second kappa shape index (κ2) is 7.54. The van der Waals surface area contributed by atoms with Crippen molar-refractivity contribution in [3.8, 4) is 0 Å². The number of nitrogens with one attached hydrogen (secondary N) is 3.